The van der Waals surface area contributed by atoms with Gasteiger partial charge in [-0.2, -0.15) is 0 Å². The van der Waals surface area contributed by atoms with Crippen LogP contribution in [0.2, 0.25) is 0 Å². The average Bonchev–Trinajstić information content (AvgIpc) is 2.71. The van der Waals surface area contributed by atoms with Gasteiger partial charge in [-0.15, -0.1) is 0 Å². The number of esters is 1. The number of methoxy groups -OCH3 is 1. The van der Waals surface area contributed by atoms with E-state index in [2.05, 4.69) is 10.6 Å². The van der Waals surface area contributed by atoms with Crippen LogP contribution in [0.1, 0.15) is 11.1 Å². The molecule has 3 rings (SSSR count). The number of hydrogen-bond acceptors (Lipinski definition) is 3. The molecule has 0 aliphatic rings. The zero-order chi connectivity index (χ0) is 19.9. The molecule has 2 N–H and O–H groups in total. The van der Waals surface area contributed by atoms with Crippen LogP contribution in [0, 0.1) is 12.8 Å². The summed E-state index contributed by atoms with van der Waals surface area (Å²) in [5.74, 6) is -0.794. The molecule has 0 aliphatic carbocycles. The van der Waals surface area contributed by atoms with Crippen LogP contribution in [0.15, 0.2) is 66.7 Å². The zero-order valence-corrected chi connectivity index (χ0v) is 16.1. The SMILES string of the molecule is COC(=O)C(CNC(=O)Nc1cccc2ccccc12)Cc1cccc(C)c1. The van der Waals surface area contributed by atoms with E-state index in [1.165, 1.54) is 7.11 Å². The minimum atomic E-state index is -0.454. The molecule has 0 radical (unpaired) electrons. The fourth-order valence-electron chi connectivity index (χ4n) is 3.25. The lowest BCUT2D eigenvalue weighted by molar-refractivity contribution is -0.145. The van der Waals surface area contributed by atoms with Crippen LogP contribution in [-0.4, -0.2) is 25.7 Å². The summed E-state index contributed by atoms with van der Waals surface area (Å²) in [4.78, 5) is 24.6. The Morgan fingerprint density at radius 3 is 2.54 bits per heavy atom. The summed E-state index contributed by atoms with van der Waals surface area (Å²) in [5, 5.41) is 7.67. The summed E-state index contributed by atoms with van der Waals surface area (Å²) < 4.78 is 4.91. The van der Waals surface area contributed by atoms with Crippen LogP contribution in [0.25, 0.3) is 10.8 Å². The predicted molar refractivity (Wildman–Crippen MR) is 111 cm³/mol. The number of amides is 2. The molecule has 1 unspecified atom stereocenters. The number of urea groups is 1. The molecule has 28 heavy (non-hydrogen) atoms. The van der Waals surface area contributed by atoms with Crippen molar-refractivity contribution in [2.45, 2.75) is 13.3 Å². The monoisotopic (exact) mass is 376 g/mol. The van der Waals surface area contributed by atoms with Gasteiger partial charge >= 0.3 is 12.0 Å². The Kier molecular flexibility index (Phi) is 6.27. The molecular weight excluding hydrogens is 352 g/mol. The van der Waals surface area contributed by atoms with Crippen molar-refractivity contribution in [3.63, 3.8) is 0 Å². The summed E-state index contributed by atoms with van der Waals surface area (Å²) >= 11 is 0. The standard InChI is InChI=1S/C23H24N2O3/c1-16-7-5-8-17(13-16)14-19(22(26)28-2)15-24-23(27)25-21-12-6-10-18-9-3-4-11-20(18)21/h3-13,19H,14-15H2,1-2H3,(H2,24,25,27). The van der Waals surface area contributed by atoms with Crippen molar-refractivity contribution >= 4 is 28.5 Å². The normalized spacial score (nSPS) is 11.6. The van der Waals surface area contributed by atoms with Gasteiger partial charge in [0.15, 0.2) is 0 Å². The lowest BCUT2D eigenvalue weighted by atomic mass is 9.98. The number of fused-ring (bicyclic) bond motifs is 1. The molecule has 5 heteroatoms. The zero-order valence-electron chi connectivity index (χ0n) is 16.1. The van der Waals surface area contributed by atoms with Gasteiger partial charge < -0.3 is 15.4 Å². The van der Waals surface area contributed by atoms with E-state index in [0.29, 0.717) is 6.42 Å². The van der Waals surface area contributed by atoms with Crippen LogP contribution in [0.3, 0.4) is 0 Å². The van der Waals surface area contributed by atoms with E-state index in [9.17, 15) is 9.59 Å². The number of carbonyl (C=O) groups is 2. The Hall–Kier alpha value is -3.34. The highest BCUT2D eigenvalue weighted by atomic mass is 16.5. The summed E-state index contributed by atoms with van der Waals surface area (Å²) in [6, 6.07) is 21.2. The second kappa shape index (κ2) is 9.04. The quantitative estimate of drug-likeness (QED) is 0.630. The van der Waals surface area contributed by atoms with Crippen molar-refractivity contribution in [3.05, 3.63) is 77.9 Å². The number of ether oxygens (including phenoxy) is 1. The molecule has 0 saturated heterocycles. The van der Waals surface area contributed by atoms with Crippen molar-refractivity contribution in [2.75, 3.05) is 19.0 Å². The summed E-state index contributed by atoms with van der Waals surface area (Å²) in [6.45, 7) is 2.20. The average molecular weight is 376 g/mol. The van der Waals surface area contributed by atoms with E-state index in [0.717, 1.165) is 27.6 Å². The van der Waals surface area contributed by atoms with Crippen LogP contribution >= 0.6 is 0 Å². The molecule has 0 aliphatic heterocycles. The lowest BCUT2D eigenvalue weighted by Crippen LogP contribution is -2.37. The van der Waals surface area contributed by atoms with Crippen molar-refractivity contribution in [1.82, 2.24) is 5.32 Å². The van der Waals surface area contributed by atoms with E-state index in [4.69, 9.17) is 4.74 Å². The number of hydrogen-bond donors (Lipinski definition) is 2. The number of aryl methyl sites for hydroxylation is 1. The second-order valence-corrected chi connectivity index (χ2v) is 6.77. The molecule has 0 saturated carbocycles. The molecule has 0 heterocycles. The van der Waals surface area contributed by atoms with Gasteiger partial charge in [-0.1, -0.05) is 66.2 Å². The molecule has 5 nitrogen and oxygen atoms in total. The number of carbonyl (C=O) groups excluding carboxylic acids is 2. The van der Waals surface area contributed by atoms with E-state index in [1.54, 1.807) is 0 Å². The molecule has 2 amide bonds. The van der Waals surface area contributed by atoms with Gasteiger partial charge in [-0.05, 0) is 30.4 Å². The van der Waals surface area contributed by atoms with Gasteiger partial charge in [0.25, 0.3) is 0 Å². The largest absolute Gasteiger partial charge is 0.469 e. The minimum absolute atomic E-state index is 0.192. The van der Waals surface area contributed by atoms with Gasteiger partial charge in [0.2, 0.25) is 0 Å². The fraction of sp³-hybridized carbons (Fsp3) is 0.217. The Labute approximate surface area is 164 Å². The van der Waals surface area contributed by atoms with Crippen LogP contribution < -0.4 is 10.6 Å². The Morgan fingerprint density at radius 2 is 1.75 bits per heavy atom. The maximum absolute atomic E-state index is 12.4. The Morgan fingerprint density at radius 1 is 1.00 bits per heavy atom. The minimum Gasteiger partial charge on any atom is -0.469 e. The molecule has 1 atom stereocenters. The first-order valence-electron chi connectivity index (χ1n) is 9.23. The third kappa shape index (κ3) is 4.88. The number of anilines is 1. The first-order valence-corrected chi connectivity index (χ1v) is 9.23. The number of rotatable bonds is 6. The van der Waals surface area contributed by atoms with E-state index in [1.807, 2.05) is 73.7 Å². The molecular formula is C23H24N2O3. The van der Waals surface area contributed by atoms with Gasteiger partial charge in [0, 0.05) is 11.9 Å². The van der Waals surface area contributed by atoms with Crippen LogP contribution in [0.5, 0.6) is 0 Å². The molecule has 3 aromatic rings. The third-order valence-electron chi connectivity index (χ3n) is 4.65. The van der Waals surface area contributed by atoms with Gasteiger partial charge in [-0.25, -0.2) is 4.79 Å². The Balaban J connectivity index is 1.65. The summed E-state index contributed by atoms with van der Waals surface area (Å²) in [7, 11) is 1.36. The maximum atomic E-state index is 12.4. The topological polar surface area (TPSA) is 67.4 Å². The number of nitrogens with one attached hydrogen (secondary N) is 2. The predicted octanol–water partition coefficient (Wildman–Crippen LogP) is 4.30. The van der Waals surface area contributed by atoms with Crippen LogP contribution in [0.4, 0.5) is 10.5 Å². The Bertz CT molecular complexity index is 979. The van der Waals surface area contributed by atoms with Crippen molar-refractivity contribution < 1.29 is 14.3 Å². The first kappa shape index (κ1) is 19.4. The molecule has 0 bridgehead atoms. The first-order chi connectivity index (χ1) is 13.6. The highest BCUT2D eigenvalue weighted by Crippen LogP contribution is 2.22. The van der Waals surface area contributed by atoms with Crippen molar-refractivity contribution in [1.29, 1.82) is 0 Å². The van der Waals surface area contributed by atoms with Gasteiger partial charge in [0.05, 0.1) is 18.7 Å². The number of benzene rings is 3. The lowest BCUT2D eigenvalue weighted by Gasteiger charge is -2.16. The van der Waals surface area contributed by atoms with E-state index >= 15 is 0 Å². The summed E-state index contributed by atoms with van der Waals surface area (Å²) in [5.41, 5.74) is 2.89. The molecule has 0 aromatic heterocycles. The van der Waals surface area contributed by atoms with Gasteiger partial charge in [-0.3, -0.25) is 4.79 Å². The highest BCUT2D eigenvalue weighted by Gasteiger charge is 2.21. The molecule has 3 aromatic carbocycles. The van der Waals surface area contributed by atoms with E-state index in [-0.39, 0.29) is 18.5 Å². The van der Waals surface area contributed by atoms with E-state index < -0.39 is 5.92 Å². The fourth-order valence-corrected chi connectivity index (χ4v) is 3.25. The smallest absolute Gasteiger partial charge is 0.319 e. The third-order valence-corrected chi connectivity index (χ3v) is 4.65. The maximum Gasteiger partial charge on any atom is 0.319 e. The molecule has 0 fully saturated rings. The second-order valence-electron chi connectivity index (χ2n) is 6.77. The highest BCUT2D eigenvalue weighted by molar-refractivity contribution is 6.01. The van der Waals surface area contributed by atoms with Crippen LogP contribution in [-0.2, 0) is 16.0 Å². The van der Waals surface area contributed by atoms with Gasteiger partial charge in [0.1, 0.15) is 0 Å². The van der Waals surface area contributed by atoms with Crippen molar-refractivity contribution in [2.24, 2.45) is 5.92 Å². The molecule has 144 valence electrons. The van der Waals surface area contributed by atoms with Crippen molar-refractivity contribution in [3.8, 4) is 0 Å². The summed E-state index contributed by atoms with van der Waals surface area (Å²) in [6.07, 6.45) is 0.503. The molecule has 0 spiro atoms.